The summed E-state index contributed by atoms with van der Waals surface area (Å²) in [4.78, 5) is 32.3. The lowest BCUT2D eigenvalue weighted by atomic mass is 10.1. The van der Waals surface area contributed by atoms with E-state index in [9.17, 15) is 14.4 Å². The molecular formula is C11H15NO5. The number of hydrogen-bond acceptors (Lipinski definition) is 3. The summed E-state index contributed by atoms with van der Waals surface area (Å²) in [7, 11) is 0. The van der Waals surface area contributed by atoms with Gasteiger partial charge in [-0.05, 0) is 12.8 Å². The molecule has 0 radical (unpaired) electrons. The fraction of sp³-hybridized carbons (Fsp3) is 0.545. The van der Waals surface area contributed by atoms with E-state index in [-0.39, 0.29) is 19.3 Å². The second-order valence-corrected chi connectivity index (χ2v) is 3.45. The van der Waals surface area contributed by atoms with Crippen molar-refractivity contribution in [3.8, 4) is 12.3 Å². The maximum absolute atomic E-state index is 11.3. The first-order valence-corrected chi connectivity index (χ1v) is 5.14. The highest BCUT2D eigenvalue weighted by Gasteiger charge is 2.20. The molecule has 0 spiro atoms. The van der Waals surface area contributed by atoms with Crippen molar-refractivity contribution in [1.29, 1.82) is 0 Å². The molecule has 1 amide bonds. The molecule has 0 aromatic heterocycles. The van der Waals surface area contributed by atoms with Crippen LogP contribution in [0.5, 0.6) is 0 Å². The van der Waals surface area contributed by atoms with Gasteiger partial charge in [0.2, 0.25) is 5.91 Å². The monoisotopic (exact) mass is 241 g/mol. The molecule has 1 atom stereocenters. The normalized spacial score (nSPS) is 11.2. The molecule has 0 fully saturated rings. The third-order valence-corrected chi connectivity index (χ3v) is 2.01. The van der Waals surface area contributed by atoms with E-state index >= 15 is 0 Å². The number of carbonyl (C=O) groups excluding carboxylic acids is 1. The Kier molecular flexibility index (Phi) is 7.19. The number of carbonyl (C=O) groups is 3. The van der Waals surface area contributed by atoms with Crippen LogP contribution >= 0.6 is 0 Å². The quantitative estimate of drug-likeness (QED) is 0.416. The molecule has 94 valence electrons. The van der Waals surface area contributed by atoms with E-state index in [2.05, 4.69) is 11.2 Å². The number of carboxylic acid groups (broad SMARTS) is 2. The average Bonchev–Trinajstić information content (AvgIpc) is 2.23. The van der Waals surface area contributed by atoms with Crippen LogP contribution in [0.25, 0.3) is 0 Å². The first-order chi connectivity index (χ1) is 7.97. The van der Waals surface area contributed by atoms with Crippen molar-refractivity contribution in [1.82, 2.24) is 5.32 Å². The molecule has 0 aliphatic carbocycles. The van der Waals surface area contributed by atoms with Crippen molar-refractivity contribution in [3.05, 3.63) is 0 Å². The molecular weight excluding hydrogens is 226 g/mol. The average molecular weight is 241 g/mol. The van der Waals surface area contributed by atoms with E-state index in [4.69, 9.17) is 16.6 Å². The van der Waals surface area contributed by atoms with Crippen molar-refractivity contribution in [2.45, 2.75) is 38.1 Å². The molecule has 6 heteroatoms. The summed E-state index contributed by atoms with van der Waals surface area (Å²) in [5.41, 5.74) is 0. The SMILES string of the molecule is C#CCCCC(=O)N[C@H](CCC(=O)O)C(=O)O. The Bertz CT molecular complexity index is 331. The highest BCUT2D eigenvalue weighted by Crippen LogP contribution is 2.00. The molecule has 0 bridgehead atoms. The van der Waals surface area contributed by atoms with Crippen LogP contribution in [-0.2, 0) is 14.4 Å². The standard InChI is InChI=1S/C11H15NO5/c1-2-3-4-5-9(13)12-8(11(16)17)6-7-10(14)15/h1,8H,3-7H2,(H,12,13)(H,14,15)(H,16,17)/t8-/m1/s1. The Hall–Kier alpha value is -2.03. The van der Waals surface area contributed by atoms with Gasteiger partial charge < -0.3 is 15.5 Å². The summed E-state index contributed by atoms with van der Waals surface area (Å²) in [6, 6.07) is -1.16. The van der Waals surface area contributed by atoms with Gasteiger partial charge in [0, 0.05) is 19.3 Å². The maximum Gasteiger partial charge on any atom is 0.326 e. The molecule has 0 unspecified atom stereocenters. The summed E-state index contributed by atoms with van der Waals surface area (Å²) in [6.07, 6.45) is 5.63. The Balaban J connectivity index is 4.07. The highest BCUT2D eigenvalue weighted by molar-refractivity contribution is 5.83. The number of rotatable bonds is 8. The van der Waals surface area contributed by atoms with Gasteiger partial charge in [0.25, 0.3) is 0 Å². The van der Waals surface area contributed by atoms with E-state index in [1.165, 1.54) is 0 Å². The van der Waals surface area contributed by atoms with E-state index in [0.717, 1.165) is 0 Å². The van der Waals surface area contributed by atoms with Crippen LogP contribution in [0.4, 0.5) is 0 Å². The zero-order valence-electron chi connectivity index (χ0n) is 9.31. The minimum absolute atomic E-state index is 0.133. The smallest absolute Gasteiger partial charge is 0.326 e. The Labute approximate surface area is 99.0 Å². The van der Waals surface area contributed by atoms with Gasteiger partial charge in [-0.15, -0.1) is 12.3 Å². The Morgan fingerprint density at radius 2 is 1.88 bits per heavy atom. The molecule has 0 saturated carbocycles. The van der Waals surface area contributed by atoms with E-state index in [1.807, 2.05) is 0 Å². The van der Waals surface area contributed by atoms with Crippen molar-refractivity contribution in [3.63, 3.8) is 0 Å². The molecule has 0 saturated heterocycles. The zero-order valence-corrected chi connectivity index (χ0v) is 9.31. The molecule has 17 heavy (non-hydrogen) atoms. The minimum Gasteiger partial charge on any atom is -0.481 e. The lowest BCUT2D eigenvalue weighted by molar-refractivity contribution is -0.143. The number of nitrogens with one attached hydrogen (secondary N) is 1. The molecule has 0 heterocycles. The number of hydrogen-bond donors (Lipinski definition) is 3. The Morgan fingerprint density at radius 1 is 1.24 bits per heavy atom. The minimum atomic E-state index is -1.24. The lowest BCUT2D eigenvalue weighted by Crippen LogP contribution is -2.41. The van der Waals surface area contributed by atoms with E-state index in [1.54, 1.807) is 0 Å². The summed E-state index contributed by atoms with van der Waals surface area (Å²) in [6.45, 7) is 0. The largest absolute Gasteiger partial charge is 0.481 e. The van der Waals surface area contributed by atoms with Crippen LogP contribution in [0.15, 0.2) is 0 Å². The predicted molar refractivity (Wildman–Crippen MR) is 59.1 cm³/mol. The second kappa shape index (κ2) is 8.16. The van der Waals surface area contributed by atoms with Gasteiger partial charge in [-0.1, -0.05) is 0 Å². The van der Waals surface area contributed by atoms with Crippen LogP contribution in [0.1, 0.15) is 32.1 Å². The lowest BCUT2D eigenvalue weighted by Gasteiger charge is -2.13. The van der Waals surface area contributed by atoms with Crippen molar-refractivity contribution >= 4 is 17.8 Å². The van der Waals surface area contributed by atoms with Gasteiger partial charge in [0.15, 0.2) is 0 Å². The third kappa shape index (κ3) is 7.85. The van der Waals surface area contributed by atoms with Gasteiger partial charge in [-0.25, -0.2) is 4.79 Å². The molecule has 6 nitrogen and oxygen atoms in total. The Morgan fingerprint density at radius 3 is 2.35 bits per heavy atom. The molecule has 0 aliphatic rings. The van der Waals surface area contributed by atoms with Crippen LogP contribution in [0.3, 0.4) is 0 Å². The van der Waals surface area contributed by atoms with Crippen molar-refractivity contribution in [2.24, 2.45) is 0 Å². The fourth-order valence-corrected chi connectivity index (χ4v) is 1.14. The third-order valence-electron chi connectivity index (χ3n) is 2.01. The molecule has 3 N–H and O–H groups in total. The number of unbranched alkanes of at least 4 members (excludes halogenated alkanes) is 1. The zero-order chi connectivity index (χ0) is 13.3. The number of carboxylic acids is 2. The first-order valence-electron chi connectivity index (χ1n) is 5.14. The number of terminal acetylenes is 1. The van der Waals surface area contributed by atoms with E-state index in [0.29, 0.717) is 12.8 Å². The molecule has 0 aliphatic heterocycles. The molecule has 0 rings (SSSR count). The second-order valence-electron chi connectivity index (χ2n) is 3.45. The van der Waals surface area contributed by atoms with Gasteiger partial charge in [0.05, 0.1) is 0 Å². The first kappa shape index (κ1) is 15.0. The van der Waals surface area contributed by atoms with Gasteiger partial charge in [-0.2, -0.15) is 0 Å². The van der Waals surface area contributed by atoms with E-state index < -0.39 is 23.9 Å². The summed E-state index contributed by atoms with van der Waals surface area (Å²) in [5, 5.41) is 19.5. The predicted octanol–water partition coefficient (Wildman–Crippen LogP) is 0.224. The van der Waals surface area contributed by atoms with Crippen molar-refractivity contribution in [2.75, 3.05) is 0 Å². The van der Waals surface area contributed by atoms with Crippen LogP contribution in [-0.4, -0.2) is 34.1 Å². The van der Waals surface area contributed by atoms with Crippen LogP contribution in [0.2, 0.25) is 0 Å². The molecule has 0 aromatic rings. The van der Waals surface area contributed by atoms with Crippen LogP contribution in [0, 0.1) is 12.3 Å². The summed E-state index contributed by atoms with van der Waals surface area (Å²) in [5.74, 6) is -0.406. The van der Waals surface area contributed by atoms with Gasteiger partial charge in [-0.3, -0.25) is 9.59 Å². The number of aliphatic carboxylic acids is 2. The van der Waals surface area contributed by atoms with Gasteiger partial charge in [0.1, 0.15) is 6.04 Å². The topological polar surface area (TPSA) is 104 Å². The van der Waals surface area contributed by atoms with Gasteiger partial charge >= 0.3 is 11.9 Å². The summed E-state index contributed by atoms with van der Waals surface area (Å²) < 4.78 is 0. The molecule has 0 aromatic carbocycles. The maximum atomic E-state index is 11.3. The van der Waals surface area contributed by atoms with Crippen molar-refractivity contribution < 1.29 is 24.6 Å². The highest BCUT2D eigenvalue weighted by atomic mass is 16.4. The fourth-order valence-electron chi connectivity index (χ4n) is 1.14. The van der Waals surface area contributed by atoms with Crippen LogP contribution < -0.4 is 5.32 Å². The summed E-state index contributed by atoms with van der Waals surface area (Å²) >= 11 is 0. The number of amides is 1.